The third-order valence-electron chi connectivity index (χ3n) is 4.45. The van der Waals surface area contributed by atoms with E-state index in [2.05, 4.69) is 10.6 Å². The van der Waals surface area contributed by atoms with E-state index in [1.807, 2.05) is 0 Å². The monoisotopic (exact) mass is 280 g/mol. The zero-order valence-corrected chi connectivity index (χ0v) is 11.2. The van der Waals surface area contributed by atoms with Crippen molar-refractivity contribution in [2.45, 2.75) is 43.7 Å². The molecular weight excluding hydrogens is 262 g/mol. The van der Waals surface area contributed by atoms with Crippen LogP contribution in [-0.2, 0) is 0 Å². The van der Waals surface area contributed by atoms with Gasteiger partial charge in [-0.2, -0.15) is 0 Å². The Morgan fingerprint density at radius 2 is 2.15 bits per heavy atom. The normalized spacial score (nSPS) is 24.2. The van der Waals surface area contributed by atoms with Crippen molar-refractivity contribution in [3.8, 4) is 0 Å². The number of piperidine rings is 1. The molecule has 2 fully saturated rings. The molecule has 1 atom stereocenters. The molecule has 5 heteroatoms. The van der Waals surface area contributed by atoms with Crippen LogP contribution in [0.3, 0.4) is 0 Å². The predicted molar refractivity (Wildman–Crippen MR) is 71.4 cm³/mol. The second kappa shape index (κ2) is 5.13. The Balaban J connectivity index is 1.67. The Labute approximate surface area is 116 Å². The van der Waals surface area contributed by atoms with Gasteiger partial charge in [0.2, 0.25) is 0 Å². The van der Waals surface area contributed by atoms with E-state index in [0.717, 1.165) is 50.4 Å². The van der Waals surface area contributed by atoms with Crippen LogP contribution in [0.15, 0.2) is 18.2 Å². The Kier molecular flexibility index (Phi) is 3.46. The molecule has 0 aromatic heterocycles. The van der Waals surface area contributed by atoms with Gasteiger partial charge in [-0.1, -0.05) is 0 Å². The number of hydrogen-bond acceptors (Lipinski definition) is 2. The number of rotatable bonds is 2. The summed E-state index contributed by atoms with van der Waals surface area (Å²) in [5.74, 6) is -1.81. The van der Waals surface area contributed by atoms with E-state index in [-0.39, 0.29) is 17.1 Å². The van der Waals surface area contributed by atoms with E-state index < -0.39 is 17.5 Å². The molecule has 1 unspecified atom stereocenters. The highest BCUT2D eigenvalue weighted by molar-refractivity contribution is 5.94. The number of amides is 1. The topological polar surface area (TPSA) is 41.1 Å². The number of nitrogens with one attached hydrogen (secondary N) is 2. The van der Waals surface area contributed by atoms with Crippen LogP contribution < -0.4 is 10.6 Å². The molecule has 0 bridgehead atoms. The molecule has 1 aliphatic carbocycles. The summed E-state index contributed by atoms with van der Waals surface area (Å²) in [6.07, 6.45) is 5.17. The van der Waals surface area contributed by atoms with Gasteiger partial charge < -0.3 is 10.6 Å². The summed E-state index contributed by atoms with van der Waals surface area (Å²) in [5, 5.41) is 6.35. The molecule has 1 aliphatic heterocycles. The fourth-order valence-electron chi connectivity index (χ4n) is 3.20. The maximum absolute atomic E-state index is 13.6. The van der Waals surface area contributed by atoms with Gasteiger partial charge in [0.25, 0.3) is 5.91 Å². The van der Waals surface area contributed by atoms with Gasteiger partial charge in [0.1, 0.15) is 11.6 Å². The Morgan fingerprint density at radius 3 is 2.85 bits per heavy atom. The van der Waals surface area contributed by atoms with Crippen molar-refractivity contribution in [3.63, 3.8) is 0 Å². The molecule has 1 heterocycles. The van der Waals surface area contributed by atoms with Gasteiger partial charge in [0, 0.05) is 11.6 Å². The number of carbonyl (C=O) groups excluding carboxylic acids is 1. The van der Waals surface area contributed by atoms with E-state index >= 15 is 0 Å². The molecule has 1 aromatic rings. The summed E-state index contributed by atoms with van der Waals surface area (Å²) < 4.78 is 26.7. The molecule has 3 rings (SSSR count). The van der Waals surface area contributed by atoms with Crippen molar-refractivity contribution in [2.75, 3.05) is 6.54 Å². The van der Waals surface area contributed by atoms with Crippen molar-refractivity contribution in [2.24, 2.45) is 0 Å². The van der Waals surface area contributed by atoms with Gasteiger partial charge in [0.15, 0.2) is 0 Å². The first kappa shape index (κ1) is 13.5. The van der Waals surface area contributed by atoms with Crippen LogP contribution in [0.25, 0.3) is 0 Å². The molecule has 1 spiro atoms. The molecule has 3 nitrogen and oxygen atoms in total. The average molecular weight is 280 g/mol. The first-order chi connectivity index (χ1) is 9.58. The fraction of sp³-hybridized carbons (Fsp3) is 0.533. The highest BCUT2D eigenvalue weighted by atomic mass is 19.1. The van der Waals surface area contributed by atoms with E-state index in [1.54, 1.807) is 0 Å². The molecule has 2 aliphatic rings. The molecule has 1 saturated heterocycles. The molecule has 2 N–H and O–H groups in total. The summed E-state index contributed by atoms with van der Waals surface area (Å²) in [4.78, 5) is 12.1. The van der Waals surface area contributed by atoms with Gasteiger partial charge in [-0.25, -0.2) is 8.78 Å². The quantitative estimate of drug-likeness (QED) is 0.873. The van der Waals surface area contributed by atoms with Crippen LogP contribution in [0.2, 0.25) is 0 Å². The minimum atomic E-state index is -0.684. The highest BCUT2D eigenvalue weighted by Gasteiger charge is 2.41. The smallest absolute Gasteiger partial charge is 0.254 e. The minimum absolute atomic E-state index is 0.0340. The van der Waals surface area contributed by atoms with Gasteiger partial charge in [-0.15, -0.1) is 0 Å². The van der Waals surface area contributed by atoms with Crippen molar-refractivity contribution >= 4 is 5.91 Å². The SMILES string of the molecule is O=C(NC1CCNC2(CCC2)C1)c1cc(F)ccc1F. The molecule has 1 aromatic carbocycles. The van der Waals surface area contributed by atoms with Crippen molar-refractivity contribution in [1.82, 2.24) is 10.6 Å². The van der Waals surface area contributed by atoms with Gasteiger partial charge >= 0.3 is 0 Å². The van der Waals surface area contributed by atoms with Crippen molar-refractivity contribution in [1.29, 1.82) is 0 Å². The molecule has 20 heavy (non-hydrogen) atoms. The van der Waals surface area contributed by atoms with Crippen molar-refractivity contribution < 1.29 is 13.6 Å². The lowest BCUT2D eigenvalue weighted by molar-refractivity contribution is 0.0849. The van der Waals surface area contributed by atoms with Gasteiger partial charge in [0.05, 0.1) is 5.56 Å². The van der Waals surface area contributed by atoms with Gasteiger partial charge in [-0.05, 0) is 56.8 Å². The fourth-order valence-corrected chi connectivity index (χ4v) is 3.20. The molecule has 1 amide bonds. The van der Waals surface area contributed by atoms with Crippen LogP contribution in [0, 0.1) is 11.6 Å². The standard InChI is InChI=1S/C15H18F2N2O/c16-10-2-3-13(17)12(8-10)14(20)19-11-4-7-18-15(9-11)5-1-6-15/h2-3,8,11,18H,1,4-7,9H2,(H,19,20). The van der Waals surface area contributed by atoms with Crippen LogP contribution in [0.5, 0.6) is 0 Å². The van der Waals surface area contributed by atoms with E-state index in [9.17, 15) is 13.6 Å². The number of halogens is 2. The predicted octanol–water partition coefficient (Wildman–Crippen LogP) is 2.37. The maximum atomic E-state index is 13.6. The second-order valence-corrected chi connectivity index (χ2v) is 5.85. The van der Waals surface area contributed by atoms with E-state index in [1.165, 1.54) is 6.42 Å². The first-order valence-electron chi connectivity index (χ1n) is 7.09. The Morgan fingerprint density at radius 1 is 1.35 bits per heavy atom. The van der Waals surface area contributed by atoms with Crippen LogP contribution in [0.1, 0.15) is 42.5 Å². The number of carbonyl (C=O) groups is 1. The first-order valence-corrected chi connectivity index (χ1v) is 7.09. The third kappa shape index (κ3) is 2.54. The number of hydrogen-bond donors (Lipinski definition) is 2. The average Bonchev–Trinajstić information content (AvgIpc) is 2.40. The van der Waals surface area contributed by atoms with Crippen molar-refractivity contribution in [3.05, 3.63) is 35.4 Å². The van der Waals surface area contributed by atoms with Gasteiger partial charge in [-0.3, -0.25) is 4.79 Å². The zero-order valence-electron chi connectivity index (χ0n) is 11.2. The highest BCUT2D eigenvalue weighted by Crippen LogP contribution is 2.38. The summed E-state index contributed by atoms with van der Waals surface area (Å²) in [7, 11) is 0. The minimum Gasteiger partial charge on any atom is -0.349 e. The zero-order chi connectivity index (χ0) is 14.2. The van der Waals surface area contributed by atoms with Crippen LogP contribution in [0.4, 0.5) is 8.78 Å². The summed E-state index contributed by atoms with van der Waals surface area (Å²) in [6, 6.07) is 2.98. The molecule has 1 saturated carbocycles. The summed E-state index contributed by atoms with van der Waals surface area (Å²) in [5.41, 5.74) is -0.0531. The summed E-state index contributed by atoms with van der Waals surface area (Å²) in [6.45, 7) is 0.858. The molecule has 0 radical (unpaired) electrons. The Hall–Kier alpha value is -1.49. The lowest BCUT2D eigenvalue weighted by atomic mass is 9.70. The maximum Gasteiger partial charge on any atom is 0.254 e. The lowest BCUT2D eigenvalue weighted by Gasteiger charge is -2.48. The summed E-state index contributed by atoms with van der Waals surface area (Å²) >= 11 is 0. The molecule has 108 valence electrons. The van der Waals surface area contributed by atoms with E-state index in [4.69, 9.17) is 0 Å². The Bertz CT molecular complexity index is 529. The van der Waals surface area contributed by atoms with E-state index in [0.29, 0.717) is 0 Å². The molecular formula is C15H18F2N2O. The largest absolute Gasteiger partial charge is 0.349 e. The lowest BCUT2D eigenvalue weighted by Crippen LogP contribution is -2.59. The number of benzene rings is 1. The van der Waals surface area contributed by atoms with Crippen LogP contribution >= 0.6 is 0 Å². The third-order valence-corrected chi connectivity index (χ3v) is 4.45. The van der Waals surface area contributed by atoms with Crippen LogP contribution in [-0.4, -0.2) is 24.0 Å². The second-order valence-electron chi connectivity index (χ2n) is 5.85.